The second kappa shape index (κ2) is 6.40. The molecule has 1 unspecified atom stereocenters. The van der Waals surface area contributed by atoms with Crippen molar-refractivity contribution in [3.8, 4) is 0 Å². The van der Waals surface area contributed by atoms with Crippen LogP contribution >= 0.6 is 22.9 Å². The van der Waals surface area contributed by atoms with E-state index in [1.54, 1.807) is 0 Å². The number of unbranched alkanes of at least 4 members (excludes halogenated alkanes) is 1. The summed E-state index contributed by atoms with van der Waals surface area (Å²) in [7, 11) is 0. The van der Waals surface area contributed by atoms with E-state index in [1.165, 1.54) is 17.8 Å². The van der Waals surface area contributed by atoms with Crippen molar-refractivity contribution >= 4 is 22.9 Å². The maximum atomic E-state index is 9.75. The molecule has 80 valence electrons. The van der Waals surface area contributed by atoms with Gasteiger partial charge in [-0.15, -0.1) is 11.3 Å². The standard InChI is InChI=1S/C10H16ClNOS/c1-2-3-5-12-7-9(13)10-8(11)4-6-14-10/h4,6,9,12-13H,2-3,5,7H2,1H3. The van der Waals surface area contributed by atoms with Crippen LogP contribution in [0.4, 0.5) is 0 Å². The molecule has 0 radical (unpaired) electrons. The first-order chi connectivity index (χ1) is 6.75. The molecule has 1 aromatic heterocycles. The Morgan fingerprint density at radius 1 is 1.64 bits per heavy atom. The maximum absolute atomic E-state index is 9.75. The Balaban J connectivity index is 2.28. The molecule has 14 heavy (non-hydrogen) atoms. The van der Waals surface area contributed by atoms with Gasteiger partial charge in [0.1, 0.15) is 6.10 Å². The molecular weight excluding hydrogens is 218 g/mol. The number of hydrogen-bond acceptors (Lipinski definition) is 3. The number of thiophene rings is 1. The van der Waals surface area contributed by atoms with Crippen molar-refractivity contribution in [1.29, 1.82) is 0 Å². The van der Waals surface area contributed by atoms with Gasteiger partial charge >= 0.3 is 0 Å². The molecular formula is C10H16ClNOS. The SMILES string of the molecule is CCCCNCC(O)c1sccc1Cl. The molecule has 0 saturated carbocycles. The van der Waals surface area contributed by atoms with E-state index in [2.05, 4.69) is 12.2 Å². The minimum atomic E-state index is -0.473. The number of aliphatic hydroxyl groups excluding tert-OH is 1. The summed E-state index contributed by atoms with van der Waals surface area (Å²) in [5.74, 6) is 0. The second-order valence-corrected chi connectivity index (χ2v) is 4.56. The van der Waals surface area contributed by atoms with E-state index in [0.717, 1.165) is 17.8 Å². The van der Waals surface area contributed by atoms with E-state index in [-0.39, 0.29) is 0 Å². The van der Waals surface area contributed by atoms with Crippen molar-refractivity contribution in [2.75, 3.05) is 13.1 Å². The van der Waals surface area contributed by atoms with Crippen molar-refractivity contribution in [1.82, 2.24) is 5.32 Å². The Bertz CT molecular complexity index is 264. The van der Waals surface area contributed by atoms with Gasteiger partial charge < -0.3 is 10.4 Å². The van der Waals surface area contributed by atoms with Crippen LogP contribution in [-0.2, 0) is 0 Å². The van der Waals surface area contributed by atoms with E-state index in [4.69, 9.17) is 11.6 Å². The third kappa shape index (κ3) is 3.58. The van der Waals surface area contributed by atoms with E-state index >= 15 is 0 Å². The fourth-order valence-electron chi connectivity index (χ4n) is 1.18. The normalized spacial score (nSPS) is 13.1. The first kappa shape index (κ1) is 12.0. The first-order valence-electron chi connectivity index (χ1n) is 4.87. The molecule has 4 heteroatoms. The van der Waals surface area contributed by atoms with Crippen molar-refractivity contribution in [2.45, 2.75) is 25.9 Å². The summed E-state index contributed by atoms with van der Waals surface area (Å²) in [5, 5.41) is 15.5. The fourth-order valence-corrected chi connectivity index (χ4v) is 2.35. The van der Waals surface area contributed by atoms with Gasteiger partial charge in [0.05, 0.1) is 9.90 Å². The predicted octanol–water partition coefficient (Wildman–Crippen LogP) is 2.82. The van der Waals surface area contributed by atoms with Crippen LogP contribution < -0.4 is 5.32 Å². The molecule has 0 saturated heterocycles. The van der Waals surface area contributed by atoms with Crippen LogP contribution in [0, 0.1) is 0 Å². The summed E-state index contributed by atoms with van der Waals surface area (Å²) in [5.41, 5.74) is 0. The number of aliphatic hydroxyl groups is 1. The zero-order valence-electron chi connectivity index (χ0n) is 8.29. The van der Waals surface area contributed by atoms with Crippen LogP contribution in [-0.4, -0.2) is 18.2 Å². The molecule has 0 aromatic carbocycles. The molecule has 1 heterocycles. The van der Waals surface area contributed by atoms with E-state index in [1.807, 2.05) is 11.4 Å². The molecule has 2 nitrogen and oxygen atoms in total. The summed E-state index contributed by atoms with van der Waals surface area (Å²) in [6.07, 6.45) is 1.84. The quantitative estimate of drug-likeness (QED) is 0.741. The monoisotopic (exact) mass is 233 g/mol. The molecule has 0 amide bonds. The van der Waals surface area contributed by atoms with E-state index < -0.39 is 6.10 Å². The van der Waals surface area contributed by atoms with Gasteiger partial charge in [-0.25, -0.2) is 0 Å². The molecule has 1 aromatic rings. The van der Waals surface area contributed by atoms with Gasteiger partial charge in [0, 0.05) is 6.54 Å². The lowest BCUT2D eigenvalue weighted by atomic mass is 10.3. The summed E-state index contributed by atoms with van der Waals surface area (Å²) in [6, 6.07) is 1.82. The molecule has 0 fully saturated rings. The molecule has 1 atom stereocenters. The van der Waals surface area contributed by atoms with Crippen LogP contribution in [0.2, 0.25) is 5.02 Å². The predicted molar refractivity (Wildman–Crippen MR) is 62.1 cm³/mol. The summed E-state index contributed by atoms with van der Waals surface area (Å²) in [4.78, 5) is 0.857. The first-order valence-corrected chi connectivity index (χ1v) is 6.13. The van der Waals surface area contributed by atoms with Crippen molar-refractivity contribution < 1.29 is 5.11 Å². The highest BCUT2D eigenvalue weighted by atomic mass is 35.5. The van der Waals surface area contributed by atoms with Gasteiger partial charge in [0.15, 0.2) is 0 Å². The minimum absolute atomic E-state index is 0.473. The van der Waals surface area contributed by atoms with Gasteiger partial charge in [-0.3, -0.25) is 0 Å². The third-order valence-corrected chi connectivity index (χ3v) is 3.45. The number of halogens is 1. The number of hydrogen-bond donors (Lipinski definition) is 2. The van der Waals surface area contributed by atoms with Crippen LogP contribution in [0.5, 0.6) is 0 Å². The summed E-state index contributed by atoms with van der Waals surface area (Å²) < 4.78 is 0. The highest BCUT2D eigenvalue weighted by Crippen LogP contribution is 2.27. The van der Waals surface area contributed by atoms with Crippen molar-refractivity contribution in [3.63, 3.8) is 0 Å². The smallest absolute Gasteiger partial charge is 0.102 e. The van der Waals surface area contributed by atoms with Gasteiger partial charge in [-0.05, 0) is 24.4 Å². The zero-order chi connectivity index (χ0) is 10.4. The second-order valence-electron chi connectivity index (χ2n) is 3.21. The molecule has 2 N–H and O–H groups in total. The van der Waals surface area contributed by atoms with Gasteiger partial charge in [0.25, 0.3) is 0 Å². The maximum Gasteiger partial charge on any atom is 0.102 e. The summed E-state index contributed by atoms with van der Waals surface area (Å²) >= 11 is 7.40. The van der Waals surface area contributed by atoms with Crippen LogP contribution in [0.3, 0.4) is 0 Å². The average molecular weight is 234 g/mol. The number of nitrogens with one attached hydrogen (secondary N) is 1. The third-order valence-electron chi connectivity index (χ3n) is 1.99. The van der Waals surface area contributed by atoms with Gasteiger partial charge in [-0.2, -0.15) is 0 Å². The molecule has 0 bridgehead atoms. The topological polar surface area (TPSA) is 32.3 Å². The fraction of sp³-hybridized carbons (Fsp3) is 0.600. The van der Waals surface area contributed by atoms with Crippen molar-refractivity contribution in [3.05, 3.63) is 21.3 Å². The summed E-state index contributed by atoms with van der Waals surface area (Å²) in [6.45, 7) is 3.69. The van der Waals surface area contributed by atoms with Crippen LogP contribution in [0.15, 0.2) is 11.4 Å². The molecule has 1 rings (SSSR count). The lowest BCUT2D eigenvalue weighted by Crippen LogP contribution is -2.22. The molecule has 0 aliphatic rings. The zero-order valence-corrected chi connectivity index (χ0v) is 9.87. The Morgan fingerprint density at radius 2 is 2.43 bits per heavy atom. The minimum Gasteiger partial charge on any atom is -0.386 e. The van der Waals surface area contributed by atoms with E-state index in [9.17, 15) is 5.11 Å². The van der Waals surface area contributed by atoms with Crippen LogP contribution in [0.1, 0.15) is 30.7 Å². The lowest BCUT2D eigenvalue weighted by molar-refractivity contribution is 0.178. The van der Waals surface area contributed by atoms with E-state index in [0.29, 0.717) is 11.6 Å². The Morgan fingerprint density at radius 3 is 3.00 bits per heavy atom. The lowest BCUT2D eigenvalue weighted by Gasteiger charge is -2.10. The molecule has 0 aliphatic carbocycles. The average Bonchev–Trinajstić information content (AvgIpc) is 2.59. The number of rotatable bonds is 6. The van der Waals surface area contributed by atoms with Crippen molar-refractivity contribution in [2.24, 2.45) is 0 Å². The highest BCUT2D eigenvalue weighted by molar-refractivity contribution is 7.10. The van der Waals surface area contributed by atoms with Gasteiger partial charge in [-0.1, -0.05) is 24.9 Å². The highest BCUT2D eigenvalue weighted by Gasteiger charge is 2.11. The van der Waals surface area contributed by atoms with Gasteiger partial charge in [0.2, 0.25) is 0 Å². The largest absolute Gasteiger partial charge is 0.386 e. The Hall–Kier alpha value is -0.0900. The van der Waals surface area contributed by atoms with Crippen LogP contribution in [0.25, 0.3) is 0 Å². The molecule has 0 aliphatic heterocycles. The Kier molecular flexibility index (Phi) is 5.48. The Labute approximate surface area is 93.9 Å². The molecule has 0 spiro atoms.